The van der Waals surface area contributed by atoms with Crippen LogP contribution >= 0.6 is 0 Å². The maximum absolute atomic E-state index is 12.6. The smallest absolute Gasteiger partial charge is 0.531 e. The number of nitrogens with one attached hydrogen (secondary N) is 2. The number of allylic oxidation sites excluding steroid dienone is 2. The van der Waals surface area contributed by atoms with Crippen LogP contribution in [-0.4, -0.2) is 57.7 Å². The molecule has 0 spiro atoms. The fourth-order valence-electron chi connectivity index (χ4n) is 4.17. The number of nitrogens with zero attached hydrogens (tertiary/aromatic N) is 1. The zero-order chi connectivity index (χ0) is 19.9. The van der Waals surface area contributed by atoms with Crippen LogP contribution in [0.3, 0.4) is 0 Å². The minimum absolute atomic E-state index is 0.157. The van der Waals surface area contributed by atoms with Crippen molar-refractivity contribution in [3.8, 4) is 5.75 Å². The second-order valence-corrected chi connectivity index (χ2v) is 9.92. The molecular weight excluding hydrogens is 377 g/mol. The first-order valence-corrected chi connectivity index (χ1v) is 11.4. The third kappa shape index (κ3) is 3.59. The number of rotatable bonds is 7. The monoisotopic (exact) mass is 403 g/mol. The zero-order valence-corrected chi connectivity index (χ0v) is 17.1. The Morgan fingerprint density at radius 3 is 3.07 bits per heavy atom. The fourth-order valence-corrected chi connectivity index (χ4v) is 5.67. The van der Waals surface area contributed by atoms with E-state index in [4.69, 9.17) is 9.39 Å². The molecule has 0 aromatic carbocycles. The summed E-state index contributed by atoms with van der Waals surface area (Å²) in [5, 5.41) is 11.4. The van der Waals surface area contributed by atoms with E-state index in [1.807, 2.05) is 19.2 Å². The molecule has 2 aliphatic rings. The predicted molar refractivity (Wildman–Crippen MR) is 114 cm³/mol. The van der Waals surface area contributed by atoms with Crippen molar-refractivity contribution in [1.29, 1.82) is 0 Å². The molecule has 1 saturated carbocycles. The van der Waals surface area contributed by atoms with Crippen molar-refractivity contribution in [1.82, 2.24) is 14.7 Å². The van der Waals surface area contributed by atoms with Crippen LogP contribution in [0.4, 0.5) is 0 Å². The van der Waals surface area contributed by atoms with Gasteiger partial charge in [-0.1, -0.05) is 0 Å². The van der Waals surface area contributed by atoms with Crippen LogP contribution in [0.2, 0.25) is 0 Å². The van der Waals surface area contributed by atoms with Gasteiger partial charge in [0.15, 0.2) is 0 Å². The van der Waals surface area contributed by atoms with Crippen molar-refractivity contribution in [3.63, 3.8) is 0 Å². The van der Waals surface area contributed by atoms with Crippen LogP contribution in [0.5, 0.6) is 5.75 Å². The van der Waals surface area contributed by atoms with Gasteiger partial charge >= 0.3 is 7.12 Å². The number of hydrogen-bond acceptors (Lipinski definition) is 5. The molecule has 0 bridgehead atoms. The summed E-state index contributed by atoms with van der Waals surface area (Å²) in [6.07, 6.45) is 5.95. The van der Waals surface area contributed by atoms with E-state index in [1.54, 1.807) is 13.3 Å². The van der Waals surface area contributed by atoms with E-state index in [0.717, 1.165) is 46.9 Å². The molecule has 2 aromatic heterocycles. The first-order chi connectivity index (χ1) is 13.4. The van der Waals surface area contributed by atoms with Crippen molar-refractivity contribution in [3.05, 3.63) is 29.5 Å². The lowest BCUT2D eigenvalue weighted by Gasteiger charge is -2.41. The number of fused-ring (bicyclic) bond motifs is 3. The van der Waals surface area contributed by atoms with E-state index >= 15 is 0 Å². The first kappa shape index (κ1) is 19.5. The van der Waals surface area contributed by atoms with Crippen molar-refractivity contribution < 1.29 is 18.6 Å². The molecule has 7 nitrogen and oxygen atoms in total. The van der Waals surface area contributed by atoms with Crippen molar-refractivity contribution in [2.75, 3.05) is 19.5 Å². The lowest BCUT2D eigenvalue weighted by Crippen LogP contribution is -2.46. The molecule has 0 radical (unpaired) electrons. The third-order valence-electron chi connectivity index (χ3n) is 5.61. The number of hydrogen-bond donors (Lipinski definition) is 3. The van der Waals surface area contributed by atoms with Crippen molar-refractivity contribution >= 4 is 39.3 Å². The van der Waals surface area contributed by atoms with E-state index in [1.165, 1.54) is 0 Å². The van der Waals surface area contributed by atoms with Crippen LogP contribution in [0, 0.1) is 5.92 Å². The Bertz CT molecular complexity index is 1010. The van der Waals surface area contributed by atoms with Gasteiger partial charge in [-0.3, -0.25) is 4.21 Å². The summed E-state index contributed by atoms with van der Waals surface area (Å²) in [5.74, 6) is 5.26. The highest BCUT2D eigenvalue weighted by molar-refractivity contribution is 7.98. The molecule has 150 valence electrons. The number of H-pyrrole nitrogens is 1. The van der Waals surface area contributed by atoms with E-state index in [9.17, 15) is 9.23 Å². The second kappa shape index (κ2) is 7.55. The highest BCUT2D eigenvalue weighted by atomic mass is 32.2. The molecule has 1 atom stereocenters. The molecule has 0 saturated heterocycles. The van der Waals surface area contributed by atoms with Gasteiger partial charge in [0, 0.05) is 52.4 Å². The average molecular weight is 403 g/mol. The molecule has 9 heteroatoms. The fraction of sp³-hybridized carbons (Fsp3) is 0.474. The highest BCUT2D eigenvalue weighted by Gasteiger charge is 2.40. The summed E-state index contributed by atoms with van der Waals surface area (Å²) >= 11 is 0. The summed E-state index contributed by atoms with van der Waals surface area (Å²) in [4.78, 5) is 7.50. The van der Waals surface area contributed by atoms with Crippen molar-refractivity contribution in [2.24, 2.45) is 5.92 Å². The van der Waals surface area contributed by atoms with Crippen LogP contribution in [0.1, 0.15) is 31.7 Å². The van der Waals surface area contributed by atoms with Gasteiger partial charge in [0.1, 0.15) is 11.4 Å². The maximum Gasteiger partial charge on any atom is 0.555 e. The number of ether oxygens (including phenoxy) is 1. The highest BCUT2D eigenvalue weighted by Crippen LogP contribution is 2.48. The Labute approximate surface area is 165 Å². The molecule has 2 aromatic rings. The molecule has 28 heavy (non-hydrogen) atoms. The molecule has 3 heterocycles. The van der Waals surface area contributed by atoms with Gasteiger partial charge in [-0.15, -0.1) is 0 Å². The van der Waals surface area contributed by atoms with Crippen molar-refractivity contribution in [2.45, 2.75) is 32.2 Å². The quantitative estimate of drug-likeness (QED) is 0.372. The Kier molecular flexibility index (Phi) is 5.26. The molecule has 1 unspecified atom stereocenters. The third-order valence-corrected chi connectivity index (χ3v) is 7.32. The van der Waals surface area contributed by atoms with E-state index < -0.39 is 16.8 Å². The van der Waals surface area contributed by atoms with Gasteiger partial charge in [0.05, 0.1) is 6.20 Å². The van der Waals surface area contributed by atoms with Crippen LogP contribution in [0.15, 0.2) is 23.9 Å². The molecule has 0 amide bonds. The number of aromatic amines is 1. The van der Waals surface area contributed by atoms with Gasteiger partial charge in [-0.2, -0.15) is 0 Å². The predicted octanol–water partition coefficient (Wildman–Crippen LogP) is 1.78. The minimum Gasteiger partial charge on any atom is -0.531 e. The standard InChI is InChI=1S/C19H26BN3O4S/c1-12-17(13-9-14(10-13)23-28(3,25)8-4-7-26-2)18-15-5-6-21-19(15)22-11-16(18)27-20(12)24/h5-6,11,13-14,24H,3-4,7-10H2,1-2H3,(H,21,22)(H,23,25). The summed E-state index contributed by atoms with van der Waals surface area (Å²) in [5.41, 5.74) is 3.76. The van der Waals surface area contributed by atoms with Gasteiger partial charge in [-0.25, -0.2) is 9.71 Å². The number of aromatic nitrogens is 2. The van der Waals surface area contributed by atoms with Crippen LogP contribution < -0.4 is 9.38 Å². The summed E-state index contributed by atoms with van der Waals surface area (Å²) in [6.45, 7) is 2.50. The Morgan fingerprint density at radius 2 is 2.32 bits per heavy atom. The Balaban J connectivity index is 1.53. The summed E-state index contributed by atoms with van der Waals surface area (Å²) in [6, 6.07) is 2.15. The van der Waals surface area contributed by atoms with E-state index in [0.29, 0.717) is 18.1 Å². The molecule has 4 rings (SSSR count). The Hall–Kier alpha value is -1.81. The molecular formula is C19H26BN3O4S. The molecule has 1 aliphatic carbocycles. The molecule has 1 aliphatic heterocycles. The van der Waals surface area contributed by atoms with Gasteiger partial charge < -0.3 is 19.4 Å². The van der Waals surface area contributed by atoms with Crippen LogP contribution in [0.25, 0.3) is 16.6 Å². The first-order valence-electron chi connectivity index (χ1n) is 9.52. The number of methoxy groups -OCH3 is 1. The zero-order valence-electron chi connectivity index (χ0n) is 16.2. The Morgan fingerprint density at radius 1 is 1.54 bits per heavy atom. The lowest BCUT2D eigenvalue weighted by molar-refractivity contribution is 0.199. The summed E-state index contributed by atoms with van der Waals surface area (Å²) in [7, 11) is -1.63. The number of pyridine rings is 1. The molecule has 1 fully saturated rings. The van der Waals surface area contributed by atoms with E-state index in [2.05, 4.69) is 20.6 Å². The normalized spacial score (nSPS) is 23.9. The minimum atomic E-state index is -2.31. The molecule has 3 N–H and O–H groups in total. The van der Waals surface area contributed by atoms with Crippen LogP contribution in [-0.2, 0) is 14.4 Å². The van der Waals surface area contributed by atoms with Gasteiger partial charge in [0.25, 0.3) is 0 Å². The van der Waals surface area contributed by atoms with Gasteiger partial charge in [-0.05, 0) is 55.1 Å². The van der Waals surface area contributed by atoms with E-state index in [-0.39, 0.29) is 12.0 Å². The average Bonchev–Trinajstić information content (AvgIpc) is 3.09. The maximum atomic E-state index is 12.6. The largest absolute Gasteiger partial charge is 0.555 e. The SMILES string of the molecule is C=S(=O)(CCCOC)NC1CC(C2=C(C)B(O)Oc3cnc4[nH]ccc4c32)C1. The topological polar surface area (TPSA) is 96.5 Å². The summed E-state index contributed by atoms with van der Waals surface area (Å²) < 4.78 is 26.6. The second-order valence-electron chi connectivity index (χ2n) is 7.65. The lowest BCUT2D eigenvalue weighted by atomic mass is 9.64. The van der Waals surface area contributed by atoms with Gasteiger partial charge in [0.2, 0.25) is 0 Å².